The molecule has 138 valence electrons. The lowest BCUT2D eigenvalue weighted by Gasteiger charge is -2.05. The van der Waals surface area contributed by atoms with E-state index < -0.39 is 5.91 Å². The summed E-state index contributed by atoms with van der Waals surface area (Å²) in [5, 5.41) is 7.00. The predicted molar refractivity (Wildman–Crippen MR) is 107 cm³/mol. The second kappa shape index (κ2) is 8.33. The Hall–Kier alpha value is -3.70. The van der Waals surface area contributed by atoms with Gasteiger partial charge in [0, 0.05) is 48.7 Å². The van der Waals surface area contributed by atoms with Crippen LogP contribution < -0.4 is 5.32 Å². The molecule has 0 saturated carbocycles. The average Bonchev–Trinajstić information content (AvgIpc) is 3.04. The van der Waals surface area contributed by atoms with Gasteiger partial charge in [-0.15, -0.1) is 4.36 Å². The molecule has 3 aromatic rings. The topological polar surface area (TPSA) is 89.2 Å². The Morgan fingerprint density at radius 1 is 1.14 bits per heavy atom. The number of hydrogen-bond donors (Lipinski definition) is 1. The van der Waals surface area contributed by atoms with Gasteiger partial charge in [-0.1, -0.05) is 17.9 Å². The first-order valence-electron chi connectivity index (χ1n) is 8.23. The molecule has 0 fully saturated rings. The molecule has 2 heterocycles. The highest BCUT2D eigenvalue weighted by Gasteiger charge is 2.12. The monoisotopic (exact) mass is 389 g/mol. The van der Waals surface area contributed by atoms with E-state index in [1.807, 2.05) is 13.0 Å². The number of nitrogens with one attached hydrogen (secondary N) is 1. The van der Waals surface area contributed by atoms with Crippen molar-refractivity contribution in [1.29, 1.82) is 0 Å². The molecule has 0 bridgehead atoms. The van der Waals surface area contributed by atoms with E-state index in [1.54, 1.807) is 43.6 Å². The van der Waals surface area contributed by atoms with Gasteiger partial charge < -0.3 is 5.32 Å². The van der Waals surface area contributed by atoms with Gasteiger partial charge in [0.2, 0.25) is 0 Å². The van der Waals surface area contributed by atoms with Crippen molar-refractivity contribution >= 4 is 29.9 Å². The number of rotatable bonds is 3. The van der Waals surface area contributed by atoms with E-state index in [0.717, 1.165) is 5.69 Å². The first-order chi connectivity index (χ1) is 13.5. The van der Waals surface area contributed by atoms with Crippen LogP contribution in [0.2, 0.25) is 0 Å². The van der Waals surface area contributed by atoms with E-state index in [1.165, 1.54) is 10.9 Å². The van der Waals surface area contributed by atoms with Gasteiger partial charge in [0.05, 0.1) is 11.3 Å². The molecule has 2 amide bonds. The van der Waals surface area contributed by atoms with Crippen molar-refractivity contribution in [1.82, 2.24) is 14.8 Å². The fraction of sp³-hybridized carbons (Fsp3) is 0.100. The van der Waals surface area contributed by atoms with Crippen LogP contribution in [0.25, 0.3) is 0 Å². The third-order valence-electron chi connectivity index (χ3n) is 3.77. The van der Waals surface area contributed by atoms with Gasteiger partial charge in [-0.2, -0.15) is 5.10 Å². The first kappa shape index (κ1) is 19.1. The Morgan fingerprint density at radius 3 is 2.64 bits per heavy atom. The summed E-state index contributed by atoms with van der Waals surface area (Å²) in [5.74, 6) is 5.14. The molecule has 0 aliphatic heterocycles. The highest BCUT2D eigenvalue weighted by atomic mass is 32.1. The van der Waals surface area contributed by atoms with Crippen molar-refractivity contribution in [3.63, 3.8) is 0 Å². The van der Waals surface area contributed by atoms with Crippen LogP contribution in [-0.4, -0.2) is 26.6 Å². The normalized spacial score (nSPS) is 9.93. The fourth-order valence-electron chi connectivity index (χ4n) is 2.52. The standard InChI is InChI=1S/C20H15N5O2S/c1-13-8-18(25(2)23-13)20(27)22-17-5-3-4-14(10-17)6-7-15-9-16(12-21-11-15)19(26)24-28/h3-5,8-12H,1-2H3,(H,22,27). The summed E-state index contributed by atoms with van der Waals surface area (Å²) >= 11 is 4.41. The van der Waals surface area contributed by atoms with Crippen LogP contribution in [0.1, 0.15) is 37.7 Å². The van der Waals surface area contributed by atoms with Gasteiger partial charge in [-0.25, -0.2) is 0 Å². The van der Waals surface area contributed by atoms with Gasteiger partial charge in [0.1, 0.15) is 5.69 Å². The Labute approximate surface area is 167 Å². The van der Waals surface area contributed by atoms with Crippen LogP contribution in [0, 0.1) is 18.8 Å². The summed E-state index contributed by atoms with van der Waals surface area (Å²) in [6, 6.07) is 10.4. The molecule has 1 N–H and O–H groups in total. The number of aromatic nitrogens is 3. The Balaban J connectivity index is 1.78. The number of carbonyl (C=O) groups excluding carboxylic acids is 2. The molecular weight excluding hydrogens is 374 g/mol. The van der Waals surface area contributed by atoms with Crippen LogP contribution in [0.3, 0.4) is 0 Å². The minimum Gasteiger partial charge on any atom is -0.321 e. The molecule has 28 heavy (non-hydrogen) atoms. The molecule has 3 rings (SSSR count). The lowest BCUT2D eigenvalue weighted by Crippen LogP contribution is -2.16. The summed E-state index contributed by atoms with van der Waals surface area (Å²) in [6.07, 6.45) is 2.93. The number of carbonyl (C=O) groups is 2. The van der Waals surface area contributed by atoms with Crippen LogP contribution in [0.4, 0.5) is 5.69 Å². The zero-order chi connectivity index (χ0) is 20.1. The van der Waals surface area contributed by atoms with E-state index >= 15 is 0 Å². The minimum absolute atomic E-state index is 0.253. The molecule has 0 saturated heterocycles. The van der Waals surface area contributed by atoms with Crippen molar-refractivity contribution < 1.29 is 9.59 Å². The maximum atomic E-state index is 12.4. The maximum absolute atomic E-state index is 12.4. The Kier molecular flexibility index (Phi) is 5.67. The molecule has 0 aliphatic rings. The lowest BCUT2D eigenvalue weighted by molar-refractivity contribution is 0.100. The van der Waals surface area contributed by atoms with E-state index in [-0.39, 0.29) is 11.5 Å². The molecule has 1 aromatic carbocycles. The summed E-state index contributed by atoms with van der Waals surface area (Å²) in [6.45, 7) is 1.83. The zero-order valence-electron chi connectivity index (χ0n) is 15.1. The first-order valence-corrected chi connectivity index (χ1v) is 8.59. The van der Waals surface area contributed by atoms with E-state index in [2.05, 4.69) is 44.0 Å². The molecule has 2 aromatic heterocycles. The number of anilines is 1. The zero-order valence-corrected chi connectivity index (χ0v) is 15.9. The molecule has 0 aliphatic carbocycles. The van der Waals surface area contributed by atoms with Gasteiger partial charge in [0.25, 0.3) is 11.8 Å². The Bertz CT molecular complexity index is 1140. The quantitative estimate of drug-likeness (QED) is 0.696. The number of hydrogen-bond acceptors (Lipinski definition) is 5. The summed E-state index contributed by atoms with van der Waals surface area (Å²) in [7, 11) is 1.72. The molecular formula is C20H15N5O2S. The van der Waals surface area contributed by atoms with Crippen molar-refractivity contribution in [2.24, 2.45) is 11.4 Å². The second-order valence-electron chi connectivity index (χ2n) is 5.94. The molecule has 7 nitrogen and oxygen atoms in total. The van der Waals surface area contributed by atoms with Gasteiger partial charge in [-0.3, -0.25) is 19.3 Å². The minimum atomic E-state index is -0.527. The lowest BCUT2D eigenvalue weighted by atomic mass is 10.1. The van der Waals surface area contributed by atoms with Crippen LogP contribution >= 0.6 is 0 Å². The number of pyridine rings is 1. The molecule has 0 unspecified atom stereocenters. The van der Waals surface area contributed by atoms with E-state index in [0.29, 0.717) is 22.5 Å². The van der Waals surface area contributed by atoms with Crippen molar-refractivity contribution in [2.45, 2.75) is 6.92 Å². The SMILES string of the molecule is Cc1cc(C(=O)Nc2cccc(C#Cc3cncc(C(=O)N=S)c3)c2)n(C)n1. The predicted octanol–water partition coefficient (Wildman–Crippen LogP) is 2.65. The number of amides is 2. The summed E-state index contributed by atoms with van der Waals surface area (Å²) in [4.78, 5) is 27.9. The highest BCUT2D eigenvalue weighted by Crippen LogP contribution is 2.13. The van der Waals surface area contributed by atoms with Crippen LogP contribution in [-0.2, 0) is 19.5 Å². The summed E-state index contributed by atoms with van der Waals surface area (Å²) in [5.41, 5.74) is 3.39. The van der Waals surface area contributed by atoms with Gasteiger partial charge in [0.15, 0.2) is 0 Å². The van der Waals surface area contributed by atoms with Crippen LogP contribution in [0.5, 0.6) is 0 Å². The average molecular weight is 389 g/mol. The highest BCUT2D eigenvalue weighted by molar-refractivity contribution is 7.47. The third kappa shape index (κ3) is 4.52. The van der Waals surface area contributed by atoms with Crippen molar-refractivity contribution in [3.05, 3.63) is 76.9 Å². The van der Waals surface area contributed by atoms with Crippen molar-refractivity contribution in [3.8, 4) is 11.8 Å². The van der Waals surface area contributed by atoms with Crippen LogP contribution in [0.15, 0.2) is 53.2 Å². The Morgan fingerprint density at radius 2 is 1.93 bits per heavy atom. The van der Waals surface area contributed by atoms with E-state index in [4.69, 9.17) is 0 Å². The largest absolute Gasteiger partial charge is 0.321 e. The molecule has 0 spiro atoms. The molecule has 8 heteroatoms. The molecule has 0 radical (unpaired) electrons. The number of nitrogens with zero attached hydrogens (tertiary/aromatic N) is 4. The maximum Gasteiger partial charge on any atom is 0.289 e. The molecule has 0 atom stereocenters. The fourth-order valence-corrected chi connectivity index (χ4v) is 2.62. The van der Waals surface area contributed by atoms with Gasteiger partial charge in [-0.05, 0) is 37.3 Å². The smallest absolute Gasteiger partial charge is 0.289 e. The second-order valence-corrected chi connectivity index (χ2v) is 6.12. The van der Waals surface area contributed by atoms with Crippen molar-refractivity contribution in [2.75, 3.05) is 5.32 Å². The third-order valence-corrected chi connectivity index (χ3v) is 3.94. The van der Waals surface area contributed by atoms with Gasteiger partial charge >= 0.3 is 0 Å². The summed E-state index contributed by atoms with van der Waals surface area (Å²) < 4.78 is 4.73. The number of aryl methyl sites for hydroxylation is 2. The van der Waals surface area contributed by atoms with E-state index in [9.17, 15) is 9.59 Å². The number of benzene rings is 1.